The number of carbonyl (C=O) groups excluding carboxylic acids is 1. The van der Waals surface area contributed by atoms with E-state index in [9.17, 15) is 9.59 Å². The zero-order valence-corrected chi connectivity index (χ0v) is 18.7. The van der Waals surface area contributed by atoms with E-state index >= 15 is 0 Å². The number of carbonyl (C=O) groups is 1. The maximum atomic E-state index is 13.2. The van der Waals surface area contributed by atoms with Gasteiger partial charge < -0.3 is 5.32 Å². The van der Waals surface area contributed by atoms with Crippen molar-refractivity contribution in [3.63, 3.8) is 0 Å². The van der Waals surface area contributed by atoms with Crippen molar-refractivity contribution in [1.82, 2.24) is 19.3 Å². The lowest BCUT2D eigenvalue weighted by molar-refractivity contribution is -0.116. The van der Waals surface area contributed by atoms with Crippen LogP contribution >= 0.6 is 11.8 Å². The van der Waals surface area contributed by atoms with E-state index in [0.29, 0.717) is 27.9 Å². The van der Waals surface area contributed by atoms with Crippen molar-refractivity contribution in [2.24, 2.45) is 0 Å². The number of hydrogen-bond acceptors (Lipinski definition) is 5. The highest BCUT2D eigenvalue weighted by Gasteiger charge is 2.29. The van der Waals surface area contributed by atoms with E-state index in [1.807, 2.05) is 54.6 Å². The molecule has 7 nitrogen and oxygen atoms in total. The number of anilines is 1. The molecule has 3 heterocycles. The Balaban J connectivity index is 1.39. The molecule has 8 heteroatoms. The van der Waals surface area contributed by atoms with Gasteiger partial charge in [0.2, 0.25) is 5.91 Å². The fourth-order valence-electron chi connectivity index (χ4n) is 3.92. The first-order valence-corrected chi connectivity index (χ1v) is 11.6. The average Bonchev–Trinajstić information content (AvgIpc) is 3.40. The summed E-state index contributed by atoms with van der Waals surface area (Å²) >= 11 is 1.50. The van der Waals surface area contributed by atoms with E-state index in [0.717, 1.165) is 11.4 Å². The Morgan fingerprint density at radius 3 is 2.62 bits per heavy atom. The van der Waals surface area contributed by atoms with Crippen molar-refractivity contribution < 1.29 is 4.79 Å². The Hall–Kier alpha value is -3.39. The van der Waals surface area contributed by atoms with Crippen LogP contribution in [0, 0.1) is 0 Å². The lowest BCUT2D eigenvalue weighted by Crippen LogP contribution is -2.27. The first kappa shape index (κ1) is 20.5. The molecule has 2 aromatic heterocycles. The molecule has 2 aromatic carbocycles. The number of thioether (sulfide) groups is 1. The number of nitrogens with zero attached hydrogens (tertiary/aromatic N) is 4. The van der Waals surface area contributed by atoms with Crippen LogP contribution in [-0.2, 0) is 4.79 Å². The number of hydrogen-bond donors (Lipinski definition) is 1. The second-order valence-corrected chi connectivity index (χ2v) is 9.18. The monoisotopic (exact) mass is 445 g/mol. The van der Waals surface area contributed by atoms with Crippen LogP contribution in [0.25, 0.3) is 16.7 Å². The molecule has 0 fully saturated rings. The highest BCUT2D eigenvalue weighted by atomic mass is 32.2. The van der Waals surface area contributed by atoms with Gasteiger partial charge in [-0.2, -0.15) is 5.10 Å². The maximum Gasteiger partial charge on any atom is 0.265 e. The highest BCUT2D eigenvalue weighted by Crippen LogP contribution is 2.33. The third kappa shape index (κ3) is 3.71. The molecule has 5 rings (SSSR count). The van der Waals surface area contributed by atoms with Crippen LogP contribution in [0.15, 0.2) is 70.7 Å². The summed E-state index contributed by atoms with van der Waals surface area (Å²) in [5.74, 6) is 0.954. The van der Waals surface area contributed by atoms with Gasteiger partial charge in [-0.25, -0.2) is 9.67 Å². The number of benzene rings is 2. The number of rotatable bonds is 5. The molecule has 0 bridgehead atoms. The first-order chi connectivity index (χ1) is 15.5. The van der Waals surface area contributed by atoms with Crippen LogP contribution in [0.1, 0.15) is 37.8 Å². The van der Waals surface area contributed by atoms with E-state index < -0.39 is 0 Å². The van der Waals surface area contributed by atoms with Gasteiger partial charge in [0.05, 0.1) is 17.9 Å². The Morgan fingerprint density at radius 1 is 1.16 bits per heavy atom. The van der Waals surface area contributed by atoms with E-state index in [4.69, 9.17) is 4.98 Å². The minimum Gasteiger partial charge on any atom is -0.326 e. The molecular weight excluding hydrogens is 422 g/mol. The van der Waals surface area contributed by atoms with Gasteiger partial charge in [0, 0.05) is 17.9 Å². The lowest BCUT2D eigenvalue weighted by Gasteiger charge is -2.14. The summed E-state index contributed by atoms with van der Waals surface area (Å²) in [6.45, 7) is 4.27. The second kappa shape index (κ2) is 8.27. The molecule has 0 saturated heterocycles. The van der Waals surface area contributed by atoms with Gasteiger partial charge in [-0.3, -0.25) is 14.2 Å². The summed E-state index contributed by atoms with van der Waals surface area (Å²) in [5.41, 5.74) is 3.21. The molecule has 0 radical (unpaired) electrons. The van der Waals surface area contributed by atoms with E-state index in [2.05, 4.69) is 24.3 Å². The summed E-state index contributed by atoms with van der Waals surface area (Å²) in [6.07, 6.45) is 1.77. The predicted octanol–water partition coefficient (Wildman–Crippen LogP) is 4.38. The first-order valence-electron chi connectivity index (χ1n) is 10.6. The molecule has 1 atom stereocenters. The molecule has 0 spiro atoms. The number of nitrogens with one attached hydrogen (secondary N) is 1. The Bertz CT molecular complexity index is 1340. The van der Waals surface area contributed by atoms with Crippen molar-refractivity contribution >= 4 is 34.4 Å². The van der Waals surface area contributed by atoms with E-state index in [1.54, 1.807) is 15.4 Å². The molecule has 4 aromatic rings. The second-order valence-electron chi connectivity index (χ2n) is 8.19. The molecule has 32 heavy (non-hydrogen) atoms. The van der Waals surface area contributed by atoms with Crippen molar-refractivity contribution in [3.05, 3.63) is 76.7 Å². The average molecular weight is 446 g/mol. The standard InChI is InChI=1S/C24H23N5O2S/c1-15(2)16-8-10-17(11-9-16)26-21(30)12-19-14-32-24-27-22-20(23(31)28(19)24)13-25-29(22)18-6-4-3-5-7-18/h3-11,13,15,19H,12,14H2,1-2H3,(H,26,30)/t19-/m0/s1. The molecule has 1 N–H and O–H groups in total. The van der Waals surface area contributed by atoms with Crippen LogP contribution in [-0.4, -0.2) is 31.0 Å². The summed E-state index contributed by atoms with van der Waals surface area (Å²) in [5, 5.41) is 8.41. The SMILES string of the molecule is CC(C)c1ccc(NC(=O)C[C@H]2CSc3nc4c(cnn4-c4ccccc4)c(=O)n32)cc1. The predicted molar refractivity (Wildman–Crippen MR) is 127 cm³/mol. The molecule has 0 unspecified atom stereocenters. The highest BCUT2D eigenvalue weighted by molar-refractivity contribution is 7.99. The Morgan fingerprint density at radius 2 is 1.91 bits per heavy atom. The Labute approximate surface area is 189 Å². The largest absolute Gasteiger partial charge is 0.326 e. The minimum atomic E-state index is -0.241. The smallest absolute Gasteiger partial charge is 0.265 e. The fourth-order valence-corrected chi connectivity index (χ4v) is 5.05. The molecular formula is C24H23N5O2S. The number of amides is 1. The van der Waals surface area contributed by atoms with Gasteiger partial charge in [-0.1, -0.05) is 55.9 Å². The van der Waals surface area contributed by atoms with Crippen LogP contribution in [0.3, 0.4) is 0 Å². The van der Waals surface area contributed by atoms with E-state index in [-0.39, 0.29) is 23.9 Å². The zero-order chi connectivity index (χ0) is 22.2. The van der Waals surface area contributed by atoms with Crippen LogP contribution in [0.5, 0.6) is 0 Å². The third-order valence-electron chi connectivity index (χ3n) is 5.65. The zero-order valence-electron chi connectivity index (χ0n) is 17.9. The molecule has 0 saturated carbocycles. The van der Waals surface area contributed by atoms with Crippen LogP contribution in [0.2, 0.25) is 0 Å². The van der Waals surface area contributed by atoms with Crippen molar-refractivity contribution in [2.75, 3.05) is 11.1 Å². The molecule has 162 valence electrons. The maximum absolute atomic E-state index is 13.2. The van der Waals surface area contributed by atoms with Gasteiger partial charge in [-0.15, -0.1) is 0 Å². The topological polar surface area (TPSA) is 81.8 Å². The normalized spacial score (nSPS) is 15.3. The number of fused-ring (bicyclic) bond motifs is 2. The number of para-hydroxylation sites is 1. The summed E-state index contributed by atoms with van der Waals surface area (Å²) in [7, 11) is 0. The molecule has 0 aliphatic carbocycles. The van der Waals surface area contributed by atoms with Gasteiger partial charge in [-0.05, 0) is 35.7 Å². The molecule has 1 amide bonds. The van der Waals surface area contributed by atoms with Crippen LogP contribution < -0.4 is 10.9 Å². The molecule has 1 aliphatic heterocycles. The quantitative estimate of drug-likeness (QED) is 0.461. The van der Waals surface area contributed by atoms with Crippen molar-refractivity contribution in [1.29, 1.82) is 0 Å². The summed E-state index contributed by atoms with van der Waals surface area (Å²) in [6, 6.07) is 17.3. The van der Waals surface area contributed by atoms with Crippen LogP contribution in [0.4, 0.5) is 5.69 Å². The third-order valence-corrected chi connectivity index (χ3v) is 6.75. The van der Waals surface area contributed by atoms with Gasteiger partial charge in [0.25, 0.3) is 5.56 Å². The fraction of sp³-hybridized carbons (Fsp3) is 0.250. The van der Waals surface area contributed by atoms with Crippen molar-refractivity contribution in [3.8, 4) is 5.69 Å². The number of aromatic nitrogens is 4. The van der Waals surface area contributed by atoms with Crippen molar-refractivity contribution in [2.45, 2.75) is 37.4 Å². The van der Waals surface area contributed by atoms with Gasteiger partial charge in [0.1, 0.15) is 5.39 Å². The molecule has 1 aliphatic rings. The summed E-state index contributed by atoms with van der Waals surface area (Å²) in [4.78, 5) is 30.6. The van der Waals surface area contributed by atoms with Gasteiger partial charge >= 0.3 is 0 Å². The summed E-state index contributed by atoms with van der Waals surface area (Å²) < 4.78 is 3.32. The minimum absolute atomic E-state index is 0.118. The van der Waals surface area contributed by atoms with E-state index in [1.165, 1.54) is 17.3 Å². The Kier molecular flexibility index (Phi) is 5.30. The van der Waals surface area contributed by atoms with Gasteiger partial charge in [0.15, 0.2) is 10.8 Å². The lowest BCUT2D eigenvalue weighted by atomic mass is 10.0.